The van der Waals surface area contributed by atoms with Crippen molar-refractivity contribution >= 4 is 17.9 Å². The molecule has 0 aromatic heterocycles. The van der Waals surface area contributed by atoms with E-state index in [1.807, 2.05) is 51.1 Å². The molecule has 3 unspecified atom stereocenters. The van der Waals surface area contributed by atoms with E-state index in [9.17, 15) is 18.8 Å². The number of hydrogen-bond donors (Lipinski definition) is 2. The minimum atomic E-state index is -0.796. The fourth-order valence-corrected chi connectivity index (χ4v) is 5.06. The normalized spacial score (nSPS) is 20.3. The van der Waals surface area contributed by atoms with E-state index in [0.29, 0.717) is 56.0 Å². The molecular formula is C30H38FN3O6. The first-order chi connectivity index (χ1) is 19.1. The minimum Gasteiger partial charge on any atom is -0.486 e. The summed E-state index contributed by atoms with van der Waals surface area (Å²) in [6.07, 6.45) is -0.0272. The van der Waals surface area contributed by atoms with Crippen LogP contribution in [0.25, 0.3) is 0 Å². The van der Waals surface area contributed by atoms with Crippen LogP contribution in [0.3, 0.4) is 0 Å². The number of alkyl halides is 1. The second kappa shape index (κ2) is 12.7. The van der Waals surface area contributed by atoms with Crippen molar-refractivity contribution in [2.24, 2.45) is 0 Å². The molecule has 2 heterocycles. The molecule has 1 fully saturated rings. The molecule has 40 heavy (non-hydrogen) atoms. The fraction of sp³-hybridized carbons (Fsp3) is 0.500. The minimum absolute atomic E-state index is 0.153. The molecule has 3 amide bonds. The zero-order chi connectivity index (χ0) is 28.9. The van der Waals surface area contributed by atoms with Crippen LogP contribution in [0, 0.1) is 0 Å². The monoisotopic (exact) mass is 555 g/mol. The van der Waals surface area contributed by atoms with Crippen LogP contribution >= 0.6 is 0 Å². The van der Waals surface area contributed by atoms with E-state index in [0.717, 1.165) is 5.56 Å². The third kappa shape index (κ3) is 6.91. The Morgan fingerprint density at radius 2 is 1.88 bits per heavy atom. The van der Waals surface area contributed by atoms with Crippen LogP contribution in [-0.4, -0.2) is 80.6 Å². The lowest BCUT2D eigenvalue weighted by Gasteiger charge is -2.34. The number of nitrogens with zero attached hydrogens (tertiary/aromatic N) is 1. The van der Waals surface area contributed by atoms with Crippen molar-refractivity contribution in [3.05, 3.63) is 64.7 Å². The van der Waals surface area contributed by atoms with Crippen LogP contribution in [0.2, 0.25) is 0 Å². The maximum atomic E-state index is 14.0. The molecule has 216 valence electrons. The number of benzene rings is 2. The molecule has 4 rings (SSSR count). The smallest absolute Gasteiger partial charge is 0.410 e. The summed E-state index contributed by atoms with van der Waals surface area (Å²) in [5.74, 6) is -0.908. The van der Waals surface area contributed by atoms with E-state index >= 15 is 0 Å². The lowest BCUT2D eigenvalue weighted by Crippen LogP contribution is -2.47. The van der Waals surface area contributed by atoms with Crippen molar-refractivity contribution in [1.29, 1.82) is 0 Å². The van der Waals surface area contributed by atoms with E-state index < -0.39 is 30.2 Å². The predicted octanol–water partition coefficient (Wildman–Crippen LogP) is 4.05. The quantitative estimate of drug-likeness (QED) is 0.476. The van der Waals surface area contributed by atoms with Crippen molar-refractivity contribution < 1.29 is 33.0 Å². The van der Waals surface area contributed by atoms with Crippen molar-refractivity contribution in [1.82, 2.24) is 15.5 Å². The average Bonchev–Trinajstić information content (AvgIpc) is 3.32. The second-order valence-corrected chi connectivity index (χ2v) is 11.0. The van der Waals surface area contributed by atoms with Gasteiger partial charge in [0.2, 0.25) is 0 Å². The summed E-state index contributed by atoms with van der Waals surface area (Å²) in [6.45, 7) is 6.47. The number of rotatable bonds is 8. The SMILES string of the molecule is CNC(=O)c1cc(C(=O)NCCCC2CN(C(=O)OC(C)(C)C)CCO2)cc2c1OC(CF)C2c1ccccc1. The molecule has 2 aromatic rings. The number of fused-ring (bicyclic) bond motifs is 1. The Morgan fingerprint density at radius 1 is 1.12 bits per heavy atom. The molecule has 0 saturated carbocycles. The molecule has 0 aliphatic carbocycles. The number of ether oxygens (including phenoxy) is 3. The fourth-order valence-electron chi connectivity index (χ4n) is 5.06. The van der Waals surface area contributed by atoms with Gasteiger partial charge in [-0.2, -0.15) is 0 Å². The number of carbonyl (C=O) groups excluding carboxylic acids is 3. The standard InChI is InChI=1S/C30H38FN3O6/c1-30(2,3)40-29(37)34-13-14-38-21(18-34)11-8-12-33-27(35)20-15-22-25(19-9-6-5-7-10-19)24(17-31)39-26(22)23(16-20)28(36)32-4/h5-7,9-10,15-16,21,24-25H,8,11-14,17-18H2,1-4H3,(H,32,36)(H,33,35). The number of amides is 3. The highest BCUT2D eigenvalue weighted by atomic mass is 19.1. The number of morpholine rings is 1. The third-order valence-electron chi connectivity index (χ3n) is 6.92. The molecule has 2 N–H and O–H groups in total. The van der Waals surface area contributed by atoms with Gasteiger partial charge >= 0.3 is 6.09 Å². The van der Waals surface area contributed by atoms with Crippen LogP contribution in [0.4, 0.5) is 9.18 Å². The van der Waals surface area contributed by atoms with Gasteiger partial charge < -0.3 is 29.7 Å². The Hall–Kier alpha value is -3.66. The van der Waals surface area contributed by atoms with E-state index in [1.54, 1.807) is 11.0 Å². The summed E-state index contributed by atoms with van der Waals surface area (Å²) in [6, 6.07) is 12.5. The van der Waals surface area contributed by atoms with Gasteiger partial charge in [-0.3, -0.25) is 9.59 Å². The van der Waals surface area contributed by atoms with Crippen molar-refractivity contribution in [2.75, 3.05) is 40.0 Å². The Morgan fingerprint density at radius 3 is 2.55 bits per heavy atom. The van der Waals surface area contributed by atoms with Crippen LogP contribution in [-0.2, 0) is 9.47 Å². The summed E-state index contributed by atoms with van der Waals surface area (Å²) in [4.78, 5) is 39.9. The molecule has 2 aliphatic rings. The maximum Gasteiger partial charge on any atom is 0.410 e. The number of hydrogen-bond acceptors (Lipinski definition) is 6. The van der Waals surface area contributed by atoms with Gasteiger partial charge in [0.25, 0.3) is 11.8 Å². The predicted molar refractivity (Wildman–Crippen MR) is 148 cm³/mol. The maximum absolute atomic E-state index is 14.0. The topological polar surface area (TPSA) is 106 Å². The zero-order valence-electron chi connectivity index (χ0n) is 23.5. The molecule has 0 bridgehead atoms. The van der Waals surface area contributed by atoms with Crippen molar-refractivity contribution in [2.45, 2.75) is 57.3 Å². The summed E-state index contributed by atoms with van der Waals surface area (Å²) in [5.41, 5.74) is 1.38. The summed E-state index contributed by atoms with van der Waals surface area (Å²) in [7, 11) is 1.50. The van der Waals surface area contributed by atoms with E-state index in [2.05, 4.69) is 10.6 Å². The Kier molecular flexibility index (Phi) is 9.29. The number of halogens is 1. The molecule has 2 aliphatic heterocycles. The van der Waals surface area contributed by atoms with E-state index in [1.165, 1.54) is 13.1 Å². The Labute approximate surface area is 234 Å². The second-order valence-electron chi connectivity index (χ2n) is 11.0. The molecule has 2 aromatic carbocycles. The van der Waals surface area contributed by atoms with Gasteiger partial charge in [0, 0.05) is 31.3 Å². The molecular weight excluding hydrogens is 517 g/mol. The Bertz CT molecular complexity index is 1220. The summed E-state index contributed by atoms with van der Waals surface area (Å²) < 4.78 is 31.2. The van der Waals surface area contributed by atoms with Crippen molar-refractivity contribution in [3.8, 4) is 5.75 Å². The van der Waals surface area contributed by atoms with E-state index in [-0.39, 0.29) is 23.7 Å². The van der Waals surface area contributed by atoms with Gasteiger partial charge in [-0.1, -0.05) is 30.3 Å². The molecule has 0 spiro atoms. The third-order valence-corrected chi connectivity index (χ3v) is 6.92. The van der Waals surface area contributed by atoms with Crippen LogP contribution in [0.15, 0.2) is 42.5 Å². The first kappa shape index (κ1) is 29.3. The number of carbonyl (C=O) groups is 3. The molecule has 9 nitrogen and oxygen atoms in total. The van der Waals surface area contributed by atoms with Crippen LogP contribution in [0.5, 0.6) is 5.75 Å². The Balaban J connectivity index is 1.41. The molecule has 10 heteroatoms. The largest absolute Gasteiger partial charge is 0.486 e. The summed E-state index contributed by atoms with van der Waals surface area (Å²) >= 11 is 0. The highest BCUT2D eigenvalue weighted by Gasteiger charge is 2.39. The molecule has 0 radical (unpaired) electrons. The zero-order valence-corrected chi connectivity index (χ0v) is 23.5. The molecule has 3 atom stereocenters. The van der Waals surface area contributed by atoms with E-state index in [4.69, 9.17) is 14.2 Å². The van der Waals surface area contributed by atoms with Gasteiger partial charge in [-0.25, -0.2) is 9.18 Å². The highest BCUT2D eigenvalue weighted by molar-refractivity contribution is 6.02. The van der Waals surface area contributed by atoms with Gasteiger partial charge in [0.05, 0.1) is 30.7 Å². The summed E-state index contributed by atoms with van der Waals surface area (Å²) in [5, 5.41) is 5.49. The number of nitrogens with one attached hydrogen (secondary N) is 2. The van der Waals surface area contributed by atoms with Gasteiger partial charge in [0.1, 0.15) is 24.1 Å². The lowest BCUT2D eigenvalue weighted by atomic mass is 9.86. The average molecular weight is 556 g/mol. The molecule has 1 saturated heterocycles. The van der Waals surface area contributed by atoms with Crippen LogP contribution < -0.4 is 15.4 Å². The lowest BCUT2D eigenvalue weighted by molar-refractivity contribution is -0.0449. The van der Waals surface area contributed by atoms with Gasteiger partial charge in [0.15, 0.2) is 0 Å². The highest BCUT2D eigenvalue weighted by Crippen LogP contribution is 2.45. The van der Waals surface area contributed by atoms with Gasteiger partial charge in [-0.05, 0) is 51.3 Å². The van der Waals surface area contributed by atoms with Crippen molar-refractivity contribution in [3.63, 3.8) is 0 Å². The van der Waals surface area contributed by atoms with Gasteiger partial charge in [-0.15, -0.1) is 0 Å². The van der Waals surface area contributed by atoms with Crippen LogP contribution in [0.1, 0.15) is 71.4 Å². The first-order valence-corrected chi connectivity index (χ1v) is 13.7. The first-order valence-electron chi connectivity index (χ1n) is 13.7.